The first kappa shape index (κ1) is 19.4. The summed E-state index contributed by atoms with van der Waals surface area (Å²) in [4.78, 5) is 14.0. The van der Waals surface area contributed by atoms with E-state index in [0.29, 0.717) is 28.3 Å². The first-order chi connectivity index (χ1) is 9.97. The Morgan fingerprint density at radius 2 is 2.23 bits per heavy atom. The molecule has 0 radical (unpaired) electrons. The molecule has 0 saturated carbocycles. The zero-order valence-electron chi connectivity index (χ0n) is 12.4. The molecule has 124 valence electrons. The predicted octanol–water partition coefficient (Wildman–Crippen LogP) is 3.38. The fourth-order valence-corrected chi connectivity index (χ4v) is 2.82. The van der Waals surface area contributed by atoms with Crippen LogP contribution in [0.25, 0.3) is 0 Å². The Kier molecular flexibility index (Phi) is 7.77. The molecule has 1 saturated heterocycles. The van der Waals surface area contributed by atoms with E-state index in [1.54, 1.807) is 18.2 Å². The lowest BCUT2D eigenvalue weighted by molar-refractivity contribution is -0.135. The Labute approximate surface area is 147 Å². The Balaban J connectivity index is 0.00000242. The van der Waals surface area contributed by atoms with Gasteiger partial charge in [0.1, 0.15) is 5.75 Å². The van der Waals surface area contributed by atoms with E-state index in [4.69, 9.17) is 33.7 Å². The molecule has 0 aromatic heterocycles. The van der Waals surface area contributed by atoms with Crippen molar-refractivity contribution in [2.45, 2.75) is 25.8 Å². The first-order valence-electron chi connectivity index (χ1n) is 7.08. The average Bonchev–Trinajstić information content (AvgIpc) is 2.48. The van der Waals surface area contributed by atoms with Crippen LogP contribution in [0.5, 0.6) is 5.75 Å². The molecule has 1 aliphatic rings. The van der Waals surface area contributed by atoms with Crippen LogP contribution in [-0.4, -0.2) is 36.5 Å². The van der Waals surface area contributed by atoms with Crippen molar-refractivity contribution in [1.82, 2.24) is 4.90 Å². The number of halogens is 3. The maximum atomic E-state index is 12.2. The van der Waals surface area contributed by atoms with E-state index >= 15 is 0 Å². The average molecular weight is 368 g/mol. The van der Waals surface area contributed by atoms with Crippen LogP contribution < -0.4 is 10.5 Å². The van der Waals surface area contributed by atoms with Gasteiger partial charge in [0.05, 0.1) is 5.02 Å². The molecular weight excluding hydrogens is 347 g/mol. The van der Waals surface area contributed by atoms with E-state index in [1.807, 2.05) is 11.8 Å². The van der Waals surface area contributed by atoms with Gasteiger partial charge in [0.15, 0.2) is 6.61 Å². The molecule has 7 heteroatoms. The molecule has 1 fully saturated rings. The summed E-state index contributed by atoms with van der Waals surface area (Å²) < 4.78 is 5.49. The Morgan fingerprint density at radius 3 is 2.91 bits per heavy atom. The summed E-state index contributed by atoms with van der Waals surface area (Å²) in [6.45, 7) is 3.41. The van der Waals surface area contributed by atoms with Gasteiger partial charge in [0, 0.05) is 30.2 Å². The van der Waals surface area contributed by atoms with Crippen molar-refractivity contribution in [3.63, 3.8) is 0 Å². The molecule has 1 aliphatic heterocycles. The summed E-state index contributed by atoms with van der Waals surface area (Å²) >= 11 is 11.9. The highest BCUT2D eigenvalue weighted by Crippen LogP contribution is 2.27. The van der Waals surface area contributed by atoms with Gasteiger partial charge < -0.3 is 15.4 Å². The van der Waals surface area contributed by atoms with Crippen LogP contribution in [0, 0.1) is 5.92 Å². The largest absolute Gasteiger partial charge is 0.482 e. The lowest BCUT2D eigenvalue weighted by Crippen LogP contribution is -2.46. The second-order valence-electron chi connectivity index (χ2n) is 5.46. The van der Waals surface area contributed by atoms with E-state index in [1.165, 1.54) is 0 Å². The number of ether oxygens (including phenoxy) is 1. The van der Waals surface area contributed by atoms with E-state index in [2.05, 4.69) is 0 Å². The zero-order chi connectivity index (χ0) is 15.4. The van der Waals surface area contributed by atoms with E-state index < -0.39 is 0 Å². The molecule has 2 atom stereocenters. The van der Waals surface area contributed by atoms with E-state index in [0.717, 1.165) is 19.4 Å². The summed E-state index contributed by atoms with van der Waals surface area (Å²) in [6.07, 6.45) is 2.05. The van der Waals surface area contributed by atoms with Gasteiger partial charge in [-0.25, -0.2) is 0 Å². The number of amides is 1. The van der Waals surface area contributed by atoms with Gasteiger partial charge in [-0.15, -0.1) is 12.4 Å². The number of piperidine rings is 1. The zero-order valence-corrected chi connectivity index (χ0v) is 14.8. The third-order valence-corrected chi connectivity index (χ3v) is 4.35. The normalized spacial score (nSPS) is 19.3. The van der Waals surface area contributed by atoms with Gasteiger partial charge in [0.2, 0.25) is 0 Å². The number of likely N-dealkylation sites (tertiary alicyclic amines) is 1. The van der Waals surface area contributed by atoms with Gasteiger partial charge >= 0.3 is 0 Å². The standard InChI is InChI=1S/C15H20Cl2N2O2.ClH/c1-10(18)11-3-2-6-19(8-11)15(20)9-21-14-7-12(16)4-5-13(14)17;/h4-5,7,10-11H,2-3,6,8-9,18H2,1H3;1H. The number of carbonyl (C=O) groups is 1. The maximum Gasteiger partial charge on any atom is 0.260 e. The first-order valence-corrected chi connectivity index (χ1v) is 7.84. The highest BCUT2D eigenvalue weighted by molar-refractivity contribution is 6.34. The molecule has 4 nitrogen and oxygen atoms in total. The van der Waals surface area contributed by atoms with Gasteiger partial charge in [-0.1, -0.05) is 23.2 Å². The molecule has 0 aliphatic carbocycles. The molecule has 1 aromatic rings. The molecule has 0 bridgehead atoms. The van der Waals surface area contributed by atoms with Crippen LogP contribution in [0.4, 0.5) is 0 Å². The number of nitrogens with two attached hydrogens (primary N) is 1. The van der Waals surface area contributed by atoms with Gasteiger partial charge in [-0.2, -0.15) is 0 Å². The number of rotatable bonds is 4. The number of nitrogens with zero attached hydrogens (tertiary/aromatic N) is 1. The monoisotopic (exact) mass is 366 g/mol. The number of hydrogen-bond donors (Lipinski definition) is 1. The van der Waals surface area contributed by atoms with Gasteiger partial charge in [-0.3, -0.25) is 4.79 Å². The summed E-state index contributed by atoms with van der Waals surface area (Å²) in [5.41, 5.74) is 5.93. The minimum atomic E-state index is -0.0450. The second-order valence-corrected chi connectivity index (χ2v) is 6.31. The number of benzene rings is 1. The molecule has 2 N–H and O–H groups in total. The molecule has 2 unspecified atom stereocenters. The van der Waals surface area contributed by atoms with Crippen molar-refractivity contribution < 1.29 is 9.53 Å². The lowest BCUT2D eigenvalue weighted by atomic mass is 9.92. The van der Waals surface area contributed by atoms with Crippen LogP contribution in [0.15, 0.2) is 18.2 Å². The predicted molar refractivity (Wildman–Crippen MR) is 92.2 cm³/mol. The van der Waals surface area contributed by atoms with Crippen molar-refractivity contribution >= 4 is 41.5 Å². The van der Waals surface area contributed by atoms with Crippen molar-refractivity contribution in [3.05, 3.63) is 28.2 Å². The van der Waals surface area contributed by atoms with Crippen LogP contribution >= 0.6 is 35.6 Å². The smallest absolute Gasteiger partial charge is 0.260 e. The lowest BCUT2D eigenvalue weighted by Gasteiger charge is -2.34. The summed E-state index contributed by atoms with van der Waals surface area (Å²) in [5.74, 6) is 0.743. The SMILES string of the molecule is CC(N)C1CCCN(C(=O)COc2cc(Cl)ccc2Cl)C1.Cl. The van der Waals surface area contributed by atoms with Crippen molar-refractivity contribution in [2.75, 3.05) is 19.7 Å². The van der Waals surface area contributed by atoms with Crippen LogP contribution in [0.2, 0.25) is 10.0 Å². The molecule has 1 heterocycles. The summed E-state index contributed by atoms with van der Waals surface area (Å²) in [6, 6.07) is 5.04. The highest BCUT2D eigenvalue weighted by atomic mass is 35.5. The van der Waals surface area contributed by atoms with Gasteiger partial charge in [-0.05, 0) is 37.8 Å². The van der Waals surface area contributed by atoms with Gasteiger partial charge in [0.25, 0.3) is 5.91 Å². The highest BCUT2D eigenvalue weighted by Gasteiger charge is 2.26. The summed E-state index contributed by atoms with van der Waals surface area (Å²) in [5, 5.41) is 0.969. The quantitative estimate of drug-likeness (QED) is 0.887. The Morgan fingerprint density at radius 1 is 1.50 bits per heavy atom. The summed E-state index contributed by atoms with van der Waals surface area (Å²) in [7, 11) is 0. The third-order valence-electron chi connectivity index (χ3n) is 3.80. The van der Waals surface area contributed by atoms with Crippen LogP contribution in [0.1, 0.15) is 19.8 Å². The molecule has 2 rings (SSSR count). The van der Waals surface area contributed by atoms with E-state index in [9.17, 15) is 4.79 Å². The maximum absolute atomic E-state index is 12.2. The number of carbonyl (C=O) groups excluding carboxylic acids is 1. The Bertz CT molecular complexity index is 512. The minimum absolute atomic E-state index is 0. The molecule has 0 spiro atoms. The fourth-order valence-electron chi connectivity index (χ4n) is 2.48. The molecule has 22 heavy (non-hydrogen) atoms. The molecule has 1 amide bonds. The van der Waals surface area contributed by atoms with E-state index in [-0.39, 0.29) is 31.0 Å². The number of hydrogen-bond acceptors (Lipinski definition) is 3. The molecule has 1 aromatic carbocycles. The van der Waals surface area contributed by atoms with Crippen LogP contribution in [-0.2, 0) is 4.79 Å². The van der Waals surface area contributed by atoms with Crippen molar-refractivity contribution in [3.8, 4) is 5.75 Å². The minimum Gasteiger partial charge on any atom is -0.482 e. The topological polar surface area (TPSA) is 55.6 Å². The third kappa shape index (κ3) is 5.20. The fraction of sp³-hybridized carbons (Fsp3) is 0.533. The second kappa shape index (κ2) is 8.82. The van der Waals surface area contributed by atoms with Crippen LogP contribution in [0.3, 0.4) is 0 Å². The van der Waals surface area contributed by atoms with Crippen molar-refractivity contribution in [2.24, 2.45) is 11.7 Å². The van der Waals surface area contributed by atoms with Crippen molar-refractivity contribution in [1.29, 1.82) is 0 Å². The Hall–Kier alpha value is -0.680. The molecular formula is C15H21Cl3N2O2.